The number of hydrogen-bond donors (Lipinski definition) is 0. The minimum Gasteiger partial charge on any atom is -0.380 e. The molecule has 1 nitrogen and oxygen atoms in total. The number of hydrogen-bond acceptors (Lipinski definition) is 2. The summed E-state index contributed by atoms with van der Waals surface area (Å²) in [6.45, 7) is 4.13. The van der Waals surface area contributed by atoms with E-state index in [0.29, 0.717) is 5.25 Å². The van der Waals surface area contributed by atoms with Crippen molar-refractivity contribution in [3.63, 3.8) is 0 Å². The van der Waals surface area contributed by atoms with Crippen LogP contribution in [0, 0.1) is 0 Å². The molecule has 0 amide bonds. The molecule has 3 heteroatoms. The predicted octanol–water partition coefficient (Wildman–Crippen LogP) is 2.53. The molecule has 0 aromatic rings. The molecule has 0 spiro atoms. The van der Waals surface area contributed by atoms with Crippen LogP contribution in [0.3, 0.4) is 0 Å². The van der Waals surface area contributed by atoms with Crippen LogP contribution < -0.4 is 0 Å². The van der Waals surface area contributed by atoms with Gasteiger partial charge in [0.25, 0.3) is 0 Å². The highest BCUT2D eigenvalue weighted by molar-refractivity contribution is 8.00. The summed E-state index contributed by atoms with van der Waals surface area (Å²) in [4.78, 5) is 0. The molecule has 1 aliphatic heterocycles. The molecule has 1 saturated heterocycles. The van der Waals surface area contributed by atoms with Crippen LogP contribution in [-0.2, 0) is 4.74 Å². The van der Waals surface area contributed by atoms with E-state index in [9.17, 15) is 0 Å². The number of thioether (sulfide) groups is 1. The highest BCUT2D eigenvalue weighted by Gasteiger charge is 2.18. The SMILES string of the molecule is CC(CCCl)SC1CCOC1. The van der Waals surface area contributed by atoms with E-state index in [-0.39, 0.29) is 0 Å². The molecule has 0 bridgehead atoms. The lowest BCUT2D eigenvalue weighted by Gasteiger charge is -2.13. The van der Waals surface area contributed by atoms with Gasteiger partial charge >= 0.3 is 0 Å². The Hall–Kier alpha value is 0.600. The molecule has 1 aliphatic rings. The fraction of sp³-hybridized carbons (Fsp3) is 1.00. The molecule has 11 heavy (non-hydrogen) atoms. The number of halogens is 1. The molecule has 66 valence electrons. The molecular formula is C8H15ClOS. The van der Waals surface area contributed by atoms with Gasteiger partial charge in [0.2, 0.25) is 0 Å². The Balaban J connectivity index is 2.08. The highest BCUT2D eigenvalue weighted by atomic mass is 35.5. The van der Waals surface area contributed by atoms with Crippen molar-refractivity contribution in [2.45, 2.75) is 30.3 Å². The molecule has 1 heterocycles. The molecule has 0 N–H and O–H groups in total. The fourth-order valence-corrected chi connectivity index (χ4v) is 2.95. The highest BCUT2D eigenvalue weighted by Crippen LogP contribution is 2.26. The van der Waals surface area contributed by atoms with Crippen LogP contribution in [0.1, 0.15) is 19.8 Å². The Labute approximate surface area is 77.8 Å². The van der Waals surface area contributed by atoms with Crippen LogP contribution in [0.4, 0.5) is 0 Å². The monoisotopic (exact) mass is 194 g/mol. The first-order chi connectivity index (χ1) is 5.33. The van der Waals surface area contributed by atoms with E-state index >= 15 is 0 Å². The third-order valence-electron chi connectivity index (χ3n) is 1.83. The molecule has 1 fully saturated rings. The molecule has 1 rings (SSSR count). The number of alkyl halides is 1. The first-order valence-corrected chi connectivity index (χ1v) is 5.60. The van der Waals surface area contributed by atoms with Crippen LogP contribution in [0.15, 0.2) is 0 Å². The minimum absolute atomic E-state index is 0.694. The van der Waals surface area contributed by atoms with Crippen LogP contribution >= 0.6 is 23.4 Å². The van der Waals surface area contributed by atoms with Gasteiger partial charge in [-0.3, -0.25) is 0 Å². The number of ether oxygens (including phenoxy) is 1. The summed E-state index contributed by atoms with van der Waals surface area (Å²) >= 11 is 7.66. The maximum Gasteiger partial charge on any atom is 0.0585 e. The Morgan fingerprint density at radius 1 is 1.73 bits per heavy atom. The number of rotatable bonds is 4. The van der Waals surface area contributed by atoms with Gasteiger partial charge in [-0.25, -0.2) is 0 Å². The average Bonchev–Trinajstić information content (AvgIpc) is 2.40. The Morgan fingerprint density at radius 3 is 3.09 bits per heavy atom. The van der Waals surface area contributed by atoms with Gasteiger partial charge in [-0.2, -0.15) is 11.8 Å². The molecule has 0 aromatic heterocycles. The van der Waals surface area contributed by atoms with Crippen molar-refractivity contribution in [2.75, 3.05) is 19.1 Å². The summed E-state index contributed by atoms with van der Waals surface area (Å²) in [5.74, 6) is 0.780. The first-order valence-electron chi connectivity index (χ1n) is 4.12. The van der Waals surface area contributed by atoms with Crippen LogP contribution in [0.25, 0.3) is 0 Å². The summed E-state index contributed by atoms with van der Waals surface area (Å²) in [6.07, 6.45) is 2.33. The second-order valence-electron chi connectivity index (χ2n) is 2.91. The van der Waals surface area contributed by atoms with Gasteiger partial charge in [0.1, 0.15) is 0 Å². The van der Waals surface area contributed by atoms with Crippen molar-refractivity contribution in [1.29, 1.82) is 0 Å². The summed E-state index contributed by atoms with van der Waals surface area (Å²) in [6, 6.07) is 0. The van der Waals surface area contributed by atoms with E-state index in [0.717, 1.165) is 30.8 Å². The van der Waals surface area contributed by atoms with Gasteiger partial charge in [0.05, 0.1) is 6.61 Å². The second-order valence-corrected chi connectivity index (χ2v) is 5.03. The Bertz CT molecular complexity index is 104. The Kier molecular flexibility index (Phi) is 4.65. The summed E-state index contributed by atoms with van der Waals surface area (Å²) < 4.78 is 5.28. The molecule has 0 aliphatic carbocycles. The molecule has 0 aromatic carbocycles. The van der Waals surface area contributed by atoms with Gasteiger partial charge in [-0.1, -0.05) is 6.92 Å². The zero-order valence-corrected chi connectivity index (χ0v) is 8.46. The largest absolute Gasteiger partial charge is 0.380 e. The van der Waals surface area contributed by atoms with Gasteiger partial charge in [0, 0.05) is 23.0 Å². The first kappa shape index (κ1) is 9.69. The zero-order chi connectivity index (χ0) is 8.10. The van der Waals surface area contributed by atoms with E-state index < -0.39 is 0 Å². The minimum atomic E-state index is 0.694. The Morgan fingerprint density at radius 2 is 2.55 bits per heavy atom. The molecule has 2 atom stereocenters. The second kappa shape index (κ2) is 5.28. The summed E-state index contributed by atoms with van der Waals surface area (Å²) in [5, 5.41) is 1.42. The lowest BCUT2D eigenvalue weighted by atomic mass is 10.4. The van der Waals surface area contributed by atoms with Gasteiger partial charge in [-0.05, 0) is 12.8 Å². The lowest BCUT2D eigenvalue weighted by Crippen LogP contribution is -2.08. The quantitative estimate of drug-likeness (QED) is 0.637. The normalized spacial score (nSPS) is 27.3. The third-order valence-corrected chi connectivity index (χ3v) is 3.50. The zero-order valence-electron chi connectivity index (χ0n) is 6.88. The summed E-state index contributed by atoms with van der Waals surface area (Å²) in [7, 11) is 0. The van der Waals surface area contributed by atoms with E-state index in [2.05, 4.69) is 6.92 Å². The maximum absolute atomic E-state index is 5.64. The molecule has 2 unspecified atom stereocenters. The van der Waals surface area contributed by atoms with Crippen molar-refractivity contribution in [1.82, 2.24) is 0 Å². The van der Waals surface area contributed by atoms with E-state index in [1.165, 1.54) is 6.42 Å². The van der Waals surface area contributed by atoms with Crippen LogP contribution in [0.5, 0.6) is 0 Å². The molecular weight excluding hydrogens is 180 g/mol. The molecule has 0 saturated carbocycles. The van der Waals surface area contributed by atoms with Gasteiger partial charge in [0.15, 0.2) is 0 Å². The fourth-order valence-electron chi connectivity index (χ4n) is 1.17. The van der Waals surface area contributed by atoms with Crippen molar-refractivity contribution in [2.24, 2.45) is 0 Å². The van der Waals surface area contributed by atoms with Crippen molar-refractivity contribution in [3.05, 3.63) is 0 Å². The summed E-state index contributed by atoms with van der Waals surface area (Å²) in [5.41, 5.74) is 0. The van der Waals surface area contributed by atoms with Gasteiger partial charge < -0.3 is 4.74 Å². The lowest BCUT2D eigenvalue weighted by molar-refractivity contribution is 0.199. The van der Waals surface area contributed by atoms with E-state index in [1.807, 2.05) is 11.8 Å². The van der Waals surface area contributed by atoms with Crippen molar-refractivity contribution < 1.29 is 4.74 Å². The predicted molar refractivity (Wildman–Crippen MR) is 51.6 cm³/mol. The van der Waals surface area contributed by atoms with Crippen molar-refractivity contribution >= 4 is 23.4 Å². The maximum atomic E-state index is 5.64. The average molecular weight is 195 g/mol. The van der Waals surface area contributed by atoms with Crippen LogP contribution in [-0.4, -0.2) is 29.6 Å². The van der Waals surface area contributed by atoms with Crippen LogP contribution in [0.2, 0.25) is 0 Å². The topological polar surface area (TPSA) is 9.23 Å². The van der Waals surface area contributed by atoms with E-state index in [1.54, 1.807) is 0 Å². The standard InChI is InChI=1S/C8H15ClOS/c1-7(2-4-9)11-8-3-5-10-6-8/h7-8H,2-6H2,1H3. The third kappa shape index (κ3) is 3.68. The van der Waals surface area contributed by atoms with Gasteiger partial charge in [-0.15, -0.1) is 11.6 Å². The smallest absolute Gasteiger partial charge is 0.0585 e. The molecule has 0 radical (unpaired) electrons. The van der Waals surface area contributed by atoms with Crippen molar-refractivity contribution in [3.8, 4) is 0 Å². The van der Waals surface area contributed by atoms with E-state index in [4.69, 9.17) is 16.3 Å².